The Morgan fingerprint density at radius 1 is 1.21 bits per heavy atom. The van der Waals surface area contributed by atoms with Crippen LogP contribution in [-0.4, -0.2) is 24.0 Å². The van der Waals surface area contributed by atoms with Crippen molar-refractivity contribution < 1.29 is 19.2 Å². The van der Waals surface area contributed by atoms with Crippen LogP contribution in [0, 0.1) is 17.0 Å². The number of nitro groups is 1. The van der Waals surface area contributed by atoms with Gasteiger partial charge in [-0.1, -0.05) is 18.2 Å². The minimum absolute atomic E-state index is 0.0887. The summed E-state index contributed by atoms with van der Waals surface area (Å²) in [6, 6.07) is 11.3. The number of anilines is 1. The molecule has 0 heterocycles. The maximum absolute atomic E-state index is 12.3. The van der Waals surface area contributed by atoms with E-state index in [1.165, 1.54) is 19.2 Å². The van der Waals surface area contributed by atoms with Crippen molar-refractivity contribution in [1.82, 2.24) is 0 Å². The predicted molar refractivity (Wildman–Crippen MR) is 89.5 cm³/mol. The number of hydrogen-bond acceptors (Lipinski definition) is 5. The highest BCUT2D eigenvalue weighted by molar-refractivity contribution is 5.95. The monoisotopic (exact) mass is 330 g/mol. The zero-order chi connectivity index (χ0) is 17.7. The van der Waals surface area contributed by atoms with Gasteiger partial charge in [0.1, 0.15) is 0 Å². The number of rotatable bonds is 6. The van der Waals surface area contributed by atoms with Crippen molar-refractivity contribution in [3.63, 3.8) is 0 Å². The maximum Gasteiger partial charge on any atom is 0.271 e. The molecule has 0 aromatic heterocycles. The Balaban J connectivity index is 2.12. The van der Waals surface area contributed by atoms with E-state index in [9.17, 15) is 14.9 Å². The average Bonchev–Trinajstić information content (AvgIpc) is 2.57. The Morgan fingerprint density at radius 2 is 1.88 bits per heavy atom. The van der Waals surface area contributed by atoms with E-state index in [1.54, 1.807) is 44.2 Å². The molecule has 0 unspecified atom stereocenters. The number of nitro benzene ring substituents is 1. The van der Waals surface area contributed by atoms with Crippen LogP contribution < -0.4 is 14.8 Å². The largest absolute Gasteiger partial charge is 0.493 e. The molecule has 2 aromatic rings. The first kappa shape index (κ1) is 17.3. The summed E-state index contributed by atoms with van der Waals surface area (Å²) in [5, 5.41) is 13.5. The van der Waals surface area contributed by atoms with Crippen LogP contribution in [0.2, 0.25) is 0 Å². The van der Waals surface area contributed by atoms with Gasteiger partial charge in [-0.2, -0.15) is 0 Å². The minimum atomic E-state index is -0.806. The molecule has 0 saturated heterocycles. The van der Waals surface area contributed by atoms with E-state index in [1.807, 2.05) is 0 Å². The van der Waals surface area contributed by atoms with E-state index < -0.39 is 16.9 Å². The van der Waals surface area contributed by atoms with Crippen molar-refractivity contribution in [2.24, 2.45) is 0 Å². The third-order valence-corrected chi connectivity index (χ3v) is 3.43. The quantitative estimate of drug-likeness (QED) is 0.648. The number of aryl methyl sites for hydroxylation is 1. The lowest BCUT2D eigenvalue weighted by molar-refractivity contribution is -0.384. The molecule has 0 radical (unpaired) electrons. The van der Waals surface area contributed by atoms with E-state index in [0.717, 1.165) is 5.56 Å². The molecule has 0 fully saturated rings. The number of carbonyl (C=O) groups is 1. The highest BCUT2D eigenvalue weighted by Crippen LogP contribution is 2.27. The minimum Gasteiger partial charge on any atom is -0.493 e. The molecule has 0 aliphatic rings. The Kier molecular flexibility index (Phi) is 5.36. The number of carbonyl (C=O) groups excluding carboxylic acids is 1. The fourth-order valence-electron chi connectivity index (χ4n) is 2.05. The lowest BCUT2D eigenvalue weighted by atomic mass is 10.1. The number of nitrogens with zero attached hydrogens (tertiary/aromatic N) is 1. The van der Waals surface area contributed by atoms with E-state index in [-0.39, 0.29) is 5.69 Å². The fourth-order valence-corrected chi connectivity index (χ4v) is 2.05. The Morgan fingerprint density at radius 3 is 2.50 bits per heavy atom. The molecule has 7 nitrogen and oxygen atoms in total. The van der Waals surface area contributed by atoms with Gasteiger partial charge in [-0.25, -0.2) is 0 Å². The molecule has 2 aromatic carbocycles. The summed E-state index contributed by atoms with van der Waals surface area (Å²) in [6.45, 7) is 3.35. The van der Waals surface area contributed by atoms with Crippen LogP contribution in [0.5, 0.6) is 11.5 Å². The van der Waals surface area contributed by atoms with Crippen molar-refractivity contribution in [2.45, 2.75) is 20.0 Å². The van der Waals surface area contributed by atoms with Crippen molar-refractivity contribution in [1.29, 1.82) is 0 Å². The van der Waals surface area contributed by atoms with Gasteiger partial charge in [-0.15, -0.1) is 0 Å². The van der Waals surface area contributed by atoms with Crippen LogP contribution in [0.4, 0.5) is 11.4 Å². The van der Waals surface area contributed by atoms with Crippen LogP contribution in [0.25, 0.3) is 0 Å². The first-order valence-corrected chi connectivity index (χ1v) is 7.28. The van der Waals surface area contributed by atoms with Gasteiger partial charge >= 0.3 is 0 Å². The second-order valence-corrected chi connectivity index (χ2v) is 5.16. The highest BCUT2D eigenvalue weighted by atomic mass is 16.6. The van der Waals surface area contributed by atoms with Gasteiger partial charge in [0.2, 0.25) is 0 Å². The van der Waals surface area contributed by atoms with Crippen LogP contribution in [0.1, 0.15) is 12.5 Å². The highest BCUT2D eigenvalue weighted by Gasteiger charge is 2.18. The van der Waals surface area contributed by atoms with E-state index in [4.69, 9.17) is 9.47 Å². The van der Waals surface area contributed by atoms with Crippen LogP contribution in [0.15, 0.2) is 42.5 Å². The number of methoxy groups -OCH3 is 1. The molecule has 1 amide bonds. The molecule has 2 rings (SSSR count). The van der Waals surface area contributed by atoms with E-state index in [2.05, 4.69) is 5.32 Å². The Hall–Kier alpha value is -3.09. The molecule has 1 atom stereocenters. The van der Waals surface area contributed by atoms with Gasteiger partial charge in [0.15, 0.2) is 17.6 Å². The number of benzene rings is 2. The number of non-ortho nitro benzene ring substituents is 1. The number of nitrogens with one attached hydrogen (secondary N) is 1. The average molecular weight is 330 g/mol. The summed E-state index contributed by atoms with van der Waals surface area (Å²) in [5.74, 6) is 0.548. The number of ether oxygens (including phenoxy) is 2. The molecule has 0 spiro atoms. The third-order valence-electron chi connectivity index (χ3n) is 3.43. The molecular weight excluding hydrogens is 312 g/mol. The Labute approximate surface area is 139 Å². The molecule has 0 aliphatic carbocycles. The zero-order valence-corrected chi connectivity index (χ0v) is 13.6. The van der Waals surface area contributed by atoms with Gasteiger partial charge in [-0.3, -0.25) is 14.9 Å². The topological polar surface area (TPSA) is 90.7 Å². The third kappa shape index (κ3) is 4.01. The molecule has 24 heavy (non-hydrogen) atoms. The maximum atomic E-state index is 12.3. The number of amides is 1. The van der Waals surface area contributed by atoms with Gasteiger partial charge in [0.05, 0.1) is 17.7 Å². The normalized spacial score (nSPS) is 11.5. The van der Waals surface area contributed by atoms with Crippen molar-refractivity contribution in [3.8, 4) is 11.5 Å². The number of para-hydroxylation sites is 2. The predicted octanol–water partition coefficient (Wildman–Crippen LogP) is 3.32. The molecular formula is C17H18N2O5. The molecule has 126 valence electrons. The first-order valence-electron chi connectivity index (χ1n) is 7.28. The first-order chi connectivity index (χ1) is 11.4. The standard InChI is InChI=1S/C17H18N2O5/c1-11-8-9-13(19(21)22)10-14(11)18-17(20)12(2)24-16-7-5-4-6-15(16)23-3/h4-10,12H,1-3H3,(H,18,20)/t12-/m1/s1. The summed E-state index contributed by atoms with van der Waals surface area (Å²) in [7, 11) is 1.51. The zero-order valence-electron chi connectivity index (χ0n) is 13.6. The lowest BCUT2D eigenvalue weighted by Gasteiger charge is -2.17. The molecule has 0 aliphatic heterocycles. The van der Waals surface area contributed by atoms with Crippen molar-refractivity contribution in [3.05, 3.63) is 58.1 Å². The summed E-state index contributed by atoms with van der Waals surface area (Å²) >= 11 is 0. The molecule has 0 bridgehead atoms. The van der Waals surface area contributed by atoms with Crippen LogP contribution in [0.3, 0.4) is 0 Å². The van der Waals surface area contributed by atoms with Crippen molar-refractivity contribution >= 4 is 17.3 Å². The summed E-state index contributed by atoms with van der Waals surface area (Å²) < 4.78 is 10.8. The number of hydrogen-bond donors (Lipinski definition) is 1. The van der Waals surface area contributed by atoms with Gasteiger partial charge in [0.25, 0.3) is 11.6 Å². The van der Waals surface area contributed by atoms with Gasteiger partial charge in [-0.05, 0) is 31.5 Å². The summed E-state index contributed by atoms with van der Waals surface area (Å²) in [5.41, 5.74) is 1.01. The Bertz CT molecular complexity index is 760. The summed E-state index contributed by atoms with van der Waals surface area (Å²) in [6.07, 6.45) is -0.806. The smallest absolute Gasteiger partial charge is 0.271 e. The van der Waals surface area contributed by atoms with E-state index in [0.29, 0.717) is 17.2 Å². The molecule has 7 heteroatoms. The summed E-state index contributed by atoms with van der Waals surface area (Å²) in [4.78, 5) is 22.6. The molecule has 0 saturated carbocycles. The second-order valence-electron chi connectivity index (χ2n) is 5.16. The van der Waals surface area contributed by atoms with Gasteiger partial charge < -0.3 is 14.8 Å². The van der Waals surface area contributed by atoms with Crippen molar-refractivity contribution in [2.75, 3.05) is 12.4 Å². The lowest BCUT2D eigenvalue weighted by Crippen LogP contribution is -2.30. The van der Waals surface area contributed by atoms with Crippen LogP contribution in [-0.2, 0) is 4.79 Å². The van der Waals surface area contributed by atoms with Crippen LogP contribution >= 0.6 is 0 Å². The second kappa shape index (κ2) is 7.45. The van der Waals surface area contributed by atoms with Gasteiger partial charge in [0, 0.05) is 12.1 Å². The van der Waals surface area contributed by atoms with E-state index >= 15 is 0 Å². The molecule has 1 N–H and O–H groups in total. The SMILES string of the molecule is COc1ccccc1O[C@H](C)C(=O)Nc1cc([N+](=O)[O-])ccc1C. The fraction of sp³-hybridized carbons (Fsp3) is 0.235.